The van der Waals surface area contributed by atoms with E-state index in [4.69, 9.17) is 4.74 Å². The second-order valence-corrected chi connectivity index (χ2v) is 3.72. The molecule has 12 heavy (non-hydrogen) atoms. The van der Waals surface area contributed by atoms with Gasteiger partial charge in [0, 0.05) is 19.2 Å². The Kier molecular flexibility index (Phi) is 3.50. The summed E-state index contributed by atoms with van der Waals surface area (Å²) in [7, 11) is 1.75. The van der Waals surface area contributed by atoms with Crippen LogP contribution in [0.5, 0.6) is 0 Å². The molecule has 2 atom stereocenters. The lowest BCUT2D eigenvalue weighted by Gasteiger charge is -2.37. The van der Waals surface area contributed by atoms with Crippen LogP contribution >= 0.6 is 0 Å². The molecule has 72 valence electrons. The van der Waals surface area contributed by atoms with Gasteiger partial charge in [-0.3, -0.25) is 0 Å². The second-order valence-electron chi connectivity index (χ2n) is 3.72. The lowest BCUT2D eigenvalue weighted by Crippen LogP contribution is -2.51. The number of aliphatic hydroxyl groups is 1. The first-order valence-electron chi connectivity index (χ1n) is 4.60. The van der Waals surface area contributed by atoms with Crippen molar-refractivity contribution in [1.29, 1.82) is 0 Å². The molecular formula is C9H19NO2. The average molecular weight is 173 g/mol. The molecule has 1 aliphatic carbocycles. The second kappa shape index (κ2) is 4.21. The molecule has 0 aromatic heterocycles. The molecule has 0 amide bonds. The van der Waals surface area contributed by atoms with Crippen LogP contribution in [0.1, 0.15) is 26.7 Å². The predicted octanol–water partition coefficient (Wildman–Crippen LogP) is 0.523. The van der Waals surface area contributed by atoms with Gasteiger partial charge in [-0.1, -0.05) is 0 Å². The van der Waals surface area contributed by atoms with Crippen LogP contribution in [-0.4, -0.2) is 36.5 Å². The Morgan fingerprint density at radius 2 is 2.00 bits per heavy atom. The topological polar surface area (TPSA) is 41.5 Å². The van der Waals surface area contributed by atoms with Crippen LogP contribution in [0.3, 0.4) is 0 Å². The third-order valence-electron chi connectivity index (χ3n) is 2.65. The van der Waals surface area contributed by atoms with Gasteiger partial charge in [0.2, 0.25) is 0 Å². The quantitative estimate of drug-likeness (QED) is 0.651. The molecule has 3 nitrogen and oxygen atoms in total. The van der Waals surface area contributed by atoms with E-state index in [9.17, 15) is 5.11 Å². The number of ether oxygens (including phenoxy) is 1. The van der Waals surface area contributed by atoms with Gasteiger partial charge in [-0.05, 0) is 26.7 Å². The molecule has 3 heteroatoms. The summed E-state index contributed by atoms with van der Waals surface area (Å²) in [4.78, 5) is 0. The van der Waals surface area contributed by atoms with Crippen molar-refractivity contribution in [3.05, 3.63) is 0 Å². The molecular weight excluding hydrogens is 154 g/mol. The van der Waals surface area contributed by atoms with Crippen molar-refractivity contribution < 1.29 is 9.84 Å². The van der Waals surface area contributed by atoms with Gasteiger partial charge in [0.05, 0.1) is 12.2 Å². The largest absolute Gasteiger partial charge is 0.392 e. The zero-order valence-electron chi connectivity index (χ0n) is 8.08. The molecule has 1 fully saturated rings. The van der Waals surface area contributed by atoms with Crippen LogP contribution in [-0.2, 0) is 4.74 Å². The van der Waals surface area contributed by atoms with Crippen molar-refractivity contribution in [2.24, 2.45) is 0 Å². The standard InChI is InChI=1S/C9H19NO2/c1-6(7(2)11)10-8-4-9(5-8)12-3/h6-11H,4-5H2,1-3H3. The Balaban J connectivity index is 2.10. The van der Waals surface area contributed by atoms with Crippen LogP contribution in [0.2, 0.25) is 0 Å². The van der Waals surface area contributed by atoms with Gasteiger partial charge >= 0.3 is 0 Å². The molecule has 2 N–H and O–H groups in total. The van der Waals surface area contributed by atoms with Crippen LogP contribution in [0.15, 0.2) is 0 Å². The lowest BCUT2D eigenvalue weighted by molar-refractivity contribution is 0.00862. The number of rotatable bonds is 4. The molecule has 1 rings (SSSR count). The highest BCUT2D eigenvalue weighted by molar-refractivity contribution is 4.88. The first-order chi connectivity index (χ1) is 5.63. The van der Waals surface area contributed by atoms with Gasteiger partial charge in [0.1, 0.15) is 0 Å². The average Bonchev–Trinajstić information content (AvgIpc) is 1.94. The van der Waals surface area contributed by atoms with Crippen molar-refractivity contribution in [3.8, 4) is 0 Å². The fourth-order valence-electron chi connectivity index (χ4n) is 1.41. The summed E-state index contributed by atoms with van der Waals surface area (Å²) in [5.74, 6) is 0. The van der Waals surface area contributed by atoms with E-state index in [1.165, 1.54) is 0 Å². The summed E-state index contributed by atoms with van der Waals surface area (Å²) in [6, 6.07) is 0.729. The molecule has 0 aromatic rings. The van der Waals surface area contributed by atoms with E-state index in [2.05, 4.69) is 5.32 Å². The normalized spacial score (nSPS) is 34.0. The minimum atomic E-state index is -0.272. The smallest absolute Gasteiger partial charge is 0.0662 e. The zero-order chi connectivity index (χ0) is 9.14. The summed E-state index contributed by atoms with van der Waals surface area (Å²) >= 11 is 0. The zero-order valence-corrected chi connectivity index (χ0v) is 8.08. The maximum Gasteiger partial charge on any atom is 0.0662 e. The van der Waals surface area contributed by atoms with E-state index in [1.807, 2.05) is 13.8 Å². The third-order valence-corrected chi connectivity index (χ3v) is 2.65. The summed E-state index contributed by atoms with van der Waals surface area (Å²) in [6.07, 6.45) is 2.32. The Hall–Kier alpha value is -0.120. The number of hydrogen-bond acceptors (Lipinski definition) is 3. The van der Waals surface area contributed by atoms with Gasteiger partial charge in [0.25, 0.3) is 0 Å². The minimum Gasteiger partial charge on any atom is -0.392 e. The number of nitrogens with one attached hydrogen (secondary N) is 1. The molecule has 0 radical (unpaired) electrons. The van der Waals surface area contributed by atoms with Crippen molar-refractivity contribution in [2.75, 3.05) is 7.11 Å². The van der Waals surface area contributed by atoms with Crippen LogP contribution in [0.25, 0.3) is 0 Å². The molecule has 0 aliphatic heterocycles. The maximum atomic E-state index is 9.22. The summed E-state index contributed by atoms with van der Waals surface area (Å²) in [5.41, 5.74) is 0. The highest BCUT2D eigenvalue weighted by Crippen LogP contribution is 2.23. The Bertz CT molecular complexity index is 132. The van der Waals surface area contributed by atoms with Crippen molar-refractivity contribution >= 4 is 0 Å². The maximum absolute atomic E-state index is 9.22. The lowest BCUT2D eigenvalue weighted by atomic mass is 9.88. The van der Waals surface area contributed by atoms with Gasteiger partial charge in [-0.25, -0.2) is 0 Å². The molecule has 0 spiro atoms. The molecule has 0 saturated heterocycles. The Labute approximate surface area is 74.1 Å². The van der Waals surface area contributed by atoms with Gasteiger partial charge in [0.15, 0.2) is 0 Å². The molecule has 0 aromatic carbocycles. The summed E-state index contributed by atoms with van der Waals surface area (Å²) in [5, 5.41) is 12.6. The van der Waals surface area contributed by atoms with E-state index in [0.717, 1.165) is 12.8 Å². The fourth-order valence-corrected chi connectivity index (χ4v) is 1.41. The number of aliphatic hydroxyl groups excluding tert-OH is 1. The number of hydrogen-bond donors (Lipinski definition) is 2. The van der Waals surface area contributed by atoms with E-state index in [0.29, 0.717) is 12.1 Å². The van der Waals surface area contributed by atoms with E-state index >= 15 is 0 Å². The van der Waals surface area contributed by atoms with Crippen molar-refractivity contribution in [3.63, 3.8) is 0 Å². The minimum absolute atomic E-state index is 0.188. The van der Waals surface area contributed by atoms with Crippen molar-refractivity contribution in [2.45, 2.75) is 51.0 Å². The molecule has 2 unspecified atom stereocenters. The van der Waals surface area contributed by atoms with Crippen molar-refractivity contribution in [1.82, 2.24) is 5.32 Å². The van der Waals surface area contributed by atoms with Gasteiger partial charge in [-0.15, -0.1) is 0 Å². The van der Waals surface area contributed by atoms with Gasteiger partial charge in [-0.2, -0.15) is 0 Å². The van der Waals surface area contributed by atoms with Crippen LogP contribution in [0.4, 0.5) is 0 Å². The molecule has 0 bridgehead atoms. The fraction of sp³-hybridized carbons (Fsp3) is 1.00. The summed E-state index contributed by atoms with van der Waals surface area (Å²) < 4.78 is 5.16. The first-order valence-corrected chi connectivity index (χ1v) is 4.60. The monoisotopic (exact) mass is 173 g/mol. The third kappa shape index (κ3) is 2.44. The first kappa shape index (κ1) is 9.96. The highest BCUT2D eigenvalue weighted by atomic mass is 16.5. The van der Waals surface area contributed by atoms with Crippen LogP contribution < -0.4 is 5.32 Å². The summed E-state index contributed by atoms with van der Waals surface area (Å²) in [6.45, 7) is 3.81. The molecule has 0 heterocycles. The SMILES string of the molecule is COC1CC(NC(C)C(C)O)C1. The Morgan fingerprint density at radius 3 is 2.42 bits per heavy atom. The van der Waals surface area contributed by atoms with E-state index in [-0.39, 0.29) is 12.1 Å². The highest BCUT2D eigenvalue weighted by Gasteiger charge is 2.30. The van der Waals surface area contributed by atoms with E-state index in [1.54, 1.807) is 7.11 Å². The predicted molar refractivity (Wildman–Crippen MR) is 48.1 cm³/mol. The molecule has 1 saturated carbocycles. The number of methoxy groups -OCH3 is 1. The molecule has 1 aliphatic rings. The Morgan fingerprint density at radius 1 is 1.42 bits per heavy atom. The van der Waals surface area contributed by atoms with Gasteiger partial charge < -0.3 is 15.2 Å². The van der Waals surface area contributed by atoms with Crippen LogP contribution in [0, 0.1) is 0 Å². The van der Waals surface area contributed by atoms with E-state index < -0.39 is 0 Å².